The summed E-state index contributed by atoms with van der Waals surface area (Å²) in [4.78, 5) is 36.9. The number of anilines is 2. The fourth-order valence-electron chi connectivity index (χ4n) is 2.91. The smallest absolute Gasteiger partial charge is 0.341 e. The Kier molecular flexibility index (Phi) is 5.71. The number of hydrogen-bond acceptors (Lipinski definition) is 4. The van der Waals surface area contributed by atoms with E-state index < -0.39 is 12.6 Å². The Balaban J connectivity index is 1.71. The number of carboxylic acid groups (broad SMARTS) is 1. The van der Waals surface area contributed by atoms with E-state index in [1.54, 1.807) is 41.3 Å². The van der Waals surface area contributed by atoms with Crippen LogP contribution in [0, 0.1) is 0 Å². The molecule has 27 heavy (non-hydrogen) atoms. The molecule has 2 aromatic carbocycles. The highest BCUT2D eigenvalue weighted by molar-refractivity contribution is 6.05. The number of carbonyl (C=O) groups excluding carboxylic acids is 2. The van der Waals surface area contributed by atoms with E-state index in [0.29, 0.717) is 30.0 Å². The normalized spacial score (nSPS) is 13.9. The lowest BCUT2D eigenvalue weighted by molar-refractivity contribution is -0.139. The fourth-order valence-corrected chi connectivity index (χ4v) is 2.91. The van der Waals surface area contributed by atoms with E-state index in [2.05, 4.69) is 5.32 Å². The molecular weight excluding hydrogens is 348 g/mol. The zero-order valence-corrected chi connectivity index (χ0v) is 14.7. The number of amides is 2. The highest BCUT2D eigenvalue weighted by Gasteiger charge is 2.20. The van der Waals surface area contributed by atoms with Crippen LogP contribution in [0.25, 0.3) is 0 Å². The Hall–Kier alpha value is -3.35. The van der Waals surface area contributed by atoms with Gasteiger partial charge in [-0.3, -0.25) is 9.59 Å². The van der Waals surface area contributed by atoms with Crippen LogP contribution in [0.3, 0.4) is 0 Å². The Morgan fingerprint density at radius 1 is 1.11 bits per heavy atom. The number of ether oxygens (including phenoxy) is 1. The molecule has 0 unspecified atom stereocenters. The van der Waals surface area contributed by atoms with Gasteiger partial charge in [0, 0.05) is 29.9 Å². The van der Waals surface area contributed by atoms with Gasteiger partial charge >= 0.3 is 5.97 Å². The molecule has 140 valence electrons. The first-order chi connectivity index (χ1) is 13.0. The van der Waals surface area contributed by atoms with Crippen LogP contribution in [0.1, 0.15) is 29.6 Å². The number of benzene rings is 2. The summed E-state index contributed by atoms with van der Waals surface area (Å²) in [5.41, 5.74) is 1.68. The summed E-state index contributed by atoms with van der Waals surface area (Å²) in [7, 11) is 0. The van der Waals surface area contributed by atoms with Gasteiger partial charge in [-0.1, -0.05) is 12.1 Å². The van der Waals surface area contributed by atoms with E-state index in [1.165, 1.54) is 6.07 Å². The number of nitrogens with zero attached hydrogens (tertiary/aromatic N) is 1. The molecule has 3 rings (SSSR count). The molecule has 0 saturated carbocycles. The largest absolute Gasteiger partial charge is 0.482 e. The van der Waals surface area contributed by atoms with Gasteiger partial charge in [-0.15, -0.1) is 0 Å². The second-order valence-electron chi connectivity index (χ2n) is 6.22. The standard InChI is InChI=1S/C20H20N2O5/c23-18-9-1-2-10-22(18)16-7-4-6-15(12-16)21-20(26)14-5-3-8-17(11-14)27-13-19(24)25/h3-8,11-12H,1-2,9-10,13H2,(H,21,26)(H,24,25). The predicted molar refractivity (Wildman–Crippen MR) is 100 cm³/mol. The minimum absolute atomic E-state index is 0.0907. The van der Waals surface area contributed by atoms with E-state index in [0.717, 1.165) is 18.5 Å². The van der Waals surface area contributed by atoms with Crippen molar-refractivity contribution in [1.82, 2.24) is 0 Å². The molecule has 2 amide bonds. The van der Waals surface area contributed by atoms with Crippen molar-refractivity contribution in [1.29, 1.82) is 0 Å². The van der Waals surface area contributed by atoms with E-state index >= 15 is 0 Å². The third kappa shape index (κ3) is 4.84. The highest BCUT2D eigenvalue weighted by Crippen LogP contribution is 2.24. The van der Waals surface area contributed by atoms with E-state index in [1.807, 2.05) is 6.07 Å². The van der Waals surface area contributed by atoms with Gasteiger partial charge in [0.15, 0.2) is 6.61 Å². The number of carboxylic acids is 1. The maximum absolute atomic E-state index is 12.5. The van der Waals surface area contributed by atoms with Crippen molar-refractivity contribution in [3.05, 3.63) is 54.1 Å². The molecule has 1 heterocycles. The van der Waals surface area contributed by atoms with E-state index in [9.17, 15) is 14.4 Å². The SMILES string of the molecule is O=C(O)COc1cccc(C(=O)Nc2cccc(N3CCCCC3=O)c2)c1. The third-order valence-corrected chi connectivity index (χ3v) is 4.20. The number of aliphatic carboxylic acids is 1. The van der Waals surface area contributed by atoms with Crippen LogP contribution in [-0.2, 0) is 9.59 Å². The van der Waals surface area contributed by atoms with Gasteiger partial charge in [0.2, 0.25) is 5.91 Å². The van der Waals surface area contributed by atoms with Crippen molar-refractivity contribution in [2.24, 2.45) is 0 Å². The number of carbonyl (C=O) groups is 3. The molecule has 0 radical (unpaired) electrons. The van der Waals surface area contributed by atoms with E-state index in [4.69, 9.17) is 9.84 Å². The van der Waals surface area contributed by atoms with Gasteiger partial charge in [-0.25, -0.2) is 4.79 Å². The zero-order valence-electron chi connectivity index (χ0n) is 14.7. The molecule has 2 N–H and O–H groups in total. The summed E-state index contributed by atoms with van der Waals surface area (Å²) < 4.78 is 5.10. The molecule has 1 aliphatic heterocycles. The summed E-state index contributed by atoms with van der Waals surface area (Å²) in [6.07, 6.45) is 2.41. The first-order valence-corrected chi connectivity index (χ1v) is 8.69. The lowest BCUT2D eigenvalue weighted by Crippen LogP contribution is -2.35. The monoisotopic (exact) mass is 368 g/mol. The molecule has 1 fully saturated rings. The van der Waals surface area contributed by atoms with Gasteiger partial charge in [0.1, 0.15) is 5.75 Å². The zero-order chi connectivity index (χ0) is 19.2. The van der Waals surface area contributed by atoms with Crippen LogP contribution in [0.2, 0.25) is 0 Å². The van der Waals surface area contributed by atoms with Gasteiger partial charge in [0.05, 0.1) is 0 Å². The molecule has 1 aliphatic rings. The number of rotatable bonds is 6. The van der Waals surface area contributed by atoms with Crippen LogP contribution in [0.15, 0.2) is 48.5 Å². The molecular formula is C20H20N2O5. The minimum Gasteiger partial charge on any atom is -0.482 e. The quantitative estimate of drug-likeness (QED) is 0.817. The summed E-state index contributed by atoms with van der Waals surface area (Å²) in [5, 5.41) is 11.5. The molecule has 0 aliphatic carbocycles. The Morgan fingerprint density at radius 3 is 2.70 bits per heavy atom. The summed E-state index contributed by atoms with van der Waals surface area (Å²) >= 11 is 0. The molecule has 1 saturated heterocycles. The van der Waals surface area contributed by atoms with Gasteiger partial charge in [-0.2, -0.15) is 0 Å². The van der Waals surface area contributed by atoms with Crippen LogP contribution >= 0.6 is 0 Å². The van der Waals surface area contributed by atoms with Crippen LogP contribution in [0.5, 0.6) is 5.75 Å². The second kappa shape index (κ2) is 8.35. The fraction of sp³-hybridized carbons (Fsp3) is 0.250. The third-order valence-electron chi connectivity index (χ3n) is 4.20. The lowest BCUT2D eigenvalue weighted by Gasteiger charge is -2.27. The Morgan fingerprint density at radius 2 is 1.93 bits per heavy atom. The summed E-state index contributed by atoms with van der Waals surface area (Å²) in [5.74, 6) is -1.04. The van der Waals surface area contributed by atoms with Crippen molar-refractivity contribution in [3.8, 4) is 5.75 Å². The van der Waals surface area contributed by atoms with Crippen molar-refractivity contribution < 1.29 is 24.2 Å². The maximum atomic E-state index is 12.5. The molecule has 7 nitrogen and oxygen atoms in total. The van der Waals surface area contributed by atoms with Crippen LogP contribution < -0.4 is 15.0 Å². The van der Waals surface area contributed by atoms with E-state index in [-0.39, 0.29) is 11.8 Å². The summed E-state index contributed by atoms with van der Waals surface area (Å²) in [6, 6.07) is 13.5. The minimum atomic E-state index is -1.09. The summed E-state index contributed by atoms with van der Waals surface area (Å²) in [6.45, 7) is 0.205. The Bertz CT molecular complexity index is 865. The Labute approximate surface area is 156 Å². The molecule has 2 aromatic rings. The maximum Gasteiger partial charge on any atom is 0.341 e. The van der Waals surface area contributed by atoms with Crippen molar-refractivity contribution in [3.63, 3.8) is 0 Å². The van der Waals surface area contributed by atoms with Crippen LogP contribution in [0.4, 0.5) is 11.4 Å². The first-order valence-electron chi connectivity index (χ1n) is 8.69. The second-order valence-corrected chi connectivity index (χ2v) is 6.22. The van der Waals surface area contributed by atoms with Crippen molar-refractivity contribution >= 4 is 29.2 Å². The molecule has 7 heteroatoms. The average molecular weight is 368 g/mol. The van der Waals surface area contributed by atoms with Gasteiger partial charge < -0.3 is 20.1 Å². The molecule has 0 bridgehead atoms. The average Bonchev–Trinajstić information content (AvgIpc) is 2.67. The lowest BCUT2D eigenvalue weighted by atomic mass is 10.1. The molecule has 0 atom stereocenters. The molecule has 0 spiro atoms. The molecule has 0 aromatic heterocycles. The first kappa shape index (κ1) is 18.4. The number of hydrogen-bond donors (Lipinski definition) is 2. The van der Waals surface area contributed by atoms with Crippen molar-refractivity contribution in [2.45, 2.75) is 19.3 Å². The topological polar surface area (TPSA) is 95.9 Å². The van der Waals surface area contributed by atoms with Gasteiger partial charge in [-0.05, 0) is 49.2 Å². The van der Waals surface area contributed by atoms with Crippen molar-refractivity contribution in [2.75, 3.05) is 23.4 Å². The van der Waals surface area contributed by atoms with Crippen LogP contribution in [-0.4, -0.2) is 36.0 Å². The predicted octanol–water partition coefficient (Wildman–Crippen LogP) is 2.92. The number of piperidine rings is 1. The highest BCUT2D eigenvalue weighted by atomic mass is 16.5. The number of nitrogens with one attached hydrogen (secondary N) is 1. The van der Waals surface area contributed by atoms with Gasteiger partial charge in [0.25, 0.3) is 5.91 Å².